The minimum absolute atomic E-state index is 0.0574. The number of hydrogen-bond acceptors (Lipinski definition) is 5. The van der Waals surface area contributed by atoms with Crippen LogP contribution in [0.4, 0.5) is 0 Å². The Balaban J connectivity index is 1.19. The number of likely N-dealkylation sites (tertiary alicyclic amines) is 1. The third kappa shape index (κ3) is 4.62. The van der Waals surface area contributed by atoms with Crippen molar-refractivity contribution in [1.82, 2.24) is 10.2 Å². The van der Waals surface area contributed by atoms with Crippen molar-refractivity contribution >= 4 is 17.2 Å². The number of nitrogens with zero attached hydrogens (tertiary/aromatic N) is 1. The highest BCUT2D eigenvalue weighted by atomic mass is 32.1. The second-order valence-electron chi connectivity index (χ2n) is 7.36. The van der Waals surface area contributed by atoms with Crippen molar-refractivity contribution in [2.45, 2.75) is 25.9 Å². The molecule has 0 radical (unpaired) electrons. The van der Waals surface area contributed by atoms with Crippen LogP contribution in [0.2, 0.25) is 0 Å². The number of rotatable bonds is 5. The van der Waals surface area contributed by atoms with Crippen LogP contribution in [0.15, 0.2) is 36.4 Å². The minimum atomic E-state index is 0.0574. The molecule has 0 saturated carbocycles. The molecule has 0 spiro atoms. The summed E-state index contributed by atoms with van der Waals surface area (Å²) in [5.74, 6) is 2.29. The maximum atomic E-state index is 12.2. The van der Waals surface area contributed by atoms with Crippen molar-refractivity contribution in [1.29, 1.82) is 0 Å². The molecule has 1 fully saturated rings. The summed E-state index contributed by atoms with van der Waals surface area (Å²) < 4.78 is 11.9. The molecule has 1 atom stereocenters. The van der Waals surface area contributed by atoms with E-state index in [0.717, 1.165) is 55.4 Å². The van der Waals surface area contributed by atoms with E-state index in [1.54, 1.807) is 11.3 Å². The van der Waals surface area contributed by atoms with Crippen molar-refractivity contribution in [2.75, 3.05) is 32.8 Å². The number of benzene rings is 1. The van der Waals surface area contributed by atoms with Gasteiger partial charge >= 0.3 is 0 Å². The normalized spacial score (nSPS) is 20.4. The number of carbonyl (C=O) groups excluding carboxylic acids is 1. The van der Waals surface area contributed by atoms with Crippen LogP contribution < -0.4 is 14.8 Å². The van der Waals surface area contributed by atoms with Crippen molar-refractivity contribution in [3.63, 3.8) is 0 Å². The lowest BCUT2D eigenvalue weighted by Gasteiger charge is -2.35. The molecule has 1 unspecified atom stereocenters. The Hall–Kier alpha value is -2.05. The molecule has 5 nitrogen and oxygen atoms in total. The predicted molar refractivity (Wildman–Crippen MR) is 107 cm³/mol. The Bertz CT molecular complexity index is 783. The van der Waals surface area contributed by atoms with Gasteiger partial charge in [0, 0.05) is 18.0 Å². The summed E-state index contributed by atoms with van der Waals surface area (Å²) in [6.07, 6.45) is 2.29. The quantitative estimate of drug-likeness (QED) is 0.856. The number of amides is 1. The minimum Gasteiger partial charge on any atom is -0.486 e. The Morgan fingerprint density at radius 2 is 1.96 bits per heavy atom. The van der Waals surface area contributed by atoms with Gasteiger partial charge in [0.1, 0.15) is 12.7 Å². The zero-order valence-electron chi connectivity index (χ0n) is 15.6. The van der Waals surface area contributed by atoms with E-state index in [4.69, 9.17) is 9.47 Å². The van der Waals surface area contributed by atoms with Crippen LogP contribution in [0.1, 0.15) is 27.4 Å². The molecule has 2 aromatic rings. The molecule has 1 aromatic carbocycles. The number of ether oxygens (including phenoxy) is 2. The summed E-state index contributed by atoms with van der Waals surface area (Å²) in [6.45, 7) is 6.37. The Morgan fingerprint density at radius 1 is 1.19 bits per heavy atom. The number of carbonyl (C=O) groups is 1. The van der Waals surface area contributed by atoms with E-state index in [1.807, 2.05) is 43.3 Å². The molecule has 2 aliphatic heterocycles. The van der Waals surface area contributed by atoms with Gasteiger partial charge in [-0.3, -0.25) is 9.69 Å². The van der Waals surface area contributed by atoms with Crippen LogP contribution in [-0.4, -0.2) is 49.7 Å². The molecule has 2 aliphatic rings. The lowest BCUT2D eigenvalue weighted by molar-refractivity contribution is 0.0476. The highest BCUT2D eigenvalue weighted by molar-refractivity contribution is 7.13. The topological polar surface area (TPSA) is 50.8 Å². The SMILES string of the molecule is Cc1ccc(C(=O)NCC2CCN(CC3COc4ccccc4O3)CC2)s1. The van der Waals surface area contributed by atoms with Crippen molar-refractivity contribution in [3.05, 3.63) is 46.2 Å². The molecule has 1 aromatic heterocycles. The standard InChI is InChI=1S/C21H26N2O3S/c1-15-6-7-20(27-15)21(24)22-12-16-8-10-23(11-9-16)13-17-14-25-18-4-2-3-5-19(18)26-17/h2-7,16-17H,8-14H2,1H3,(H,22,24). The van der Waals surface area contributed by atoms with E-state index in [1.165, 1.54) is 4.88 Å². The van der Waals surface area contributed by atoms with Gasteiger partial charge in [-0.15, -0.1) is 11.3 Å². The van der Waals surface area contributed by atoms with Crippen LogP contribution in [-0.2, 0) is 0 Å². The van der Waals surface area contributed by atoms with Crippen molar-refractivity contribution in [3.8, 4) is 11.5 Å². The number of para-hydroxylation sites is 2. The fourth-order valence-corrected chi connectivity index (χ4v) is 4.48. The molecule has 0 bridgehead atoms. The molecule has 144 valence electrons. The van der Waals surface area contributed by atoms with Crippen LogP contribution in [0.3, 0.4) is 0 Å². The largest absolute Gasteiger partial charge is 0.486 e. The molecule has 3 heterocycles. The molecule has 27 heavy (non-hydrogen) atoms. The first-order valence-electron chi connectivity index (χ1n) is 9.63. The maximum absolute atomic E-state index is 12.2. The zero-order chi connectivity index (χ0) is 18.6. The smallest absolute Gasteiger partial charge is 0.261 e. The summed E-state index contributed by atoms with van der Waals surface area (Å²) in [5.41, 5.74) is 0. The Labute approximate surface area is 164 Å². The monoisotopic (exact) mass is 386 g/mol. The molecule has 1 saturated heterocycles. The van der Waals surface area contributed by atoms with Crippen LogP contribution in [0.25, 0.3) is 0 Å². The van der Waals surface area contributed by atoms with Gasteiger partial charge < -0.3 is 14.8 Å². The van der Waals surface area contributed by atoms with Crippen LogP contribution in [0, 0.1) is 12.8 Å². The van der Waals surface area contributed by atoms with Gasteiger partial charge in [0.2, 0.25) is 0 Å². The van der Waals surface area contributed by atoms with Gasteiger partial charge in [-0.1, -0.05) is 12.1 Å². The number of fused-ring (bicyclic) bond motifs is 1. The Kier molecular flexibility index (Phi) is 5.64. The highest BCUT2D eigenvalue weighted by Crippen LogP contribution is 2.31. The second kappa shape index (κ2) is 8.31. The van der Waals surface area contributed by atoms with Crippen molar-refractivity contribution < 1.29 is 14.3 Å². The maximum Gasteiger partial charge on any atom is 0.261 e. The van der Waals surface area contributed by atoms with Gasteiger partial charge in [-0.2, -0.15) is 0 Å². The van der Waals surface area contributed by atoms with E-state index < -0.39 is 0 Å². The first kappa shape index (κ1) is 18.3. The molecule has 6 heteroatoms. The fourth-order valence-electron chi connectivity index (χ4n) is 3.69. The van der Waals surface area contributed by atoms with Crippen molar-refractivity contribution in [2.24, 2.45) is 5.92 Å². The number of nitrogens with one attached hydrogen (secondary N) is 1. The summed E-state index contributed by atoms with van der Waals surface area (Å²) in [5, 5.41) is 3.10. The van der Waals surface area contributed by atoms with E-state index in [2.05, 4.69) is 10.2 Å². The molecule has 1 N–H and O–H groups in total. The number of piperidine rings is 1. The highest BCUT2D eigenvalue weighted by Gasteiger charge is 2.26. The van der Waals surface area contributed by atoms with Gasteiger partial charge in [0.15, 0.2) is 11.5 Å². The summed E-state index contributed by atoms with van der Waals surface area (Å²) in [6, 6.07) is 11.7. The number of hydrogen-bond donors (Lipinski definition) is 1. The number of thiophene rings is 1. The molecule has 4 rings (SSSR count). The van der Waals surface area contributed by atoms with E-state index in [0.29, 0.717) is 12.5 Å². The molecule has 0 aliphatic carbocycles. The lowest BCUT2D eigenvalue weighted by atomic mass is 9.96. The molecular formula is C21H26N2O3S. The van der Waals surface area contributed by atoms with E-state index in [9.17, 15) is 4.79 Å². The summed E-state index contributed by atoms with van der Waals surface area (Å²) in [7, 11) is 0. The molecular weight excluding hydrogens is 360 g/mol. The van der Waals surface area contributed by atoms with E-state index in [-0.39, 0.29) is 12.0 Å². The average Bonchev–Trinajstić information content (AvgIpc) is 3.13. The fraction of sp³-hybridized carbons (Fsp3) is 0.476. The van der Waals surface area contributed by atoms with Gasteiger partial charge in [0.05, 0.1) is 4.88 Å². The zero-order valence-corrected chi connectivity index (χ0v) is 16.5. The third-order valence-corrected chi connectivity index (χ3v) is 6.25. The molecule has 1 amide bonds. The van der Waals surface area contributed by atoms with Gasteiger partial charge in [-0.25, -0.2) is 0 Å². The summed E-state index contributed by atoms with van der Waals surface area (Å²) in [4.78, 5) is 16.6. The third-order valence-electron chi connectivity index (χ3n) is 5.25. The second-order valence-corrected chi connectivity index (χ2v) is 8.65. The van der Waals surface area contributed by atoms with E-state index >= 15 is 0 Å². The van der Waals surface area contributed by atoms with Crippen LogP contribution >= 0.6 is 11.3 Å². The van der Waals surface area contributed by atoms with Gasteiger partial charge in [0.25, 0.3) is 5.91 Å². The van der Waals surface area contributed by atoms with Crippen LogP contribution in [0.5, 0.6) is 11.5 Å². The lowest BCUT2D eigenvalue weighted by Crippen LogP contribution is -2.45. The summed E-state index contributed by atoms with van der Waals surface area (Å²) >= 11 is 1.55. The average molecular weight is 387 g/mol. The first-order chi connectivity index (χ1) is 13.2. The predicted octanol–water partition coefficient (Wildman–Crippen LogP) is 3.34. The number of aryl methyl sites for hydroxylation is 1. The van der Waals surface area contributed by atoms with Gasteiger partial charge in [-0.05, 0) is 63.0 Å². The first-order valence-corrected chi connectivity index (χ1v) is 10.4. The Morgan fingerprint density at radius 3 is 2.70 bits per heavy atom.